The predicted octanol–water partition coefficient (Wildman–Crippen LogP) is 0.903. The van der Waals surface area contributed by atoms with Crippen LogP contribution in [0.1, 0.15) is 18.5 Å². The van der Waals surface area contributed by atoms with Crippen LogP contribution in [0.3, 0.4) is 0 Å². The number of nitrogens with one attached hydrogen (secondary N) is 2. The highest BCUT2D eigenvalue weighted by molar-refractivity contribution is 6.29. The number of piperidine rings is 1. The van der Waals surface area contributed by atoms with Crippen molar-refractivity contribution in [2.24, 2.45) is 5.92 Å². The zero-order valence-corrected chi connectivity index (χ0v) is 10.6. The first kappa shape index (κ1) is 12.8. The number of hydrogen-bond acceptors (Lipinski definition) is 4. The lowest BCUT2D eigenvalue weighted by atomic mass is 9.98. The molecule has 0 aromatic carbocycles. The Bertz CT molecular complexity index is 462. The standard InChI is InChI=1S/C11H13ClN4O2/c1-6-4-8(12)15-11(14-6)16-10(18)7-2-3-9(17)13-5-7/h4,7H,2-3,5H2,1H3,(H,13,17)(H,14,15,16,18). The lowest BCUT2D eigenvalue weighted by molar-refractivity contribution is -0.126. The van der Waals surface area contributed by atoms with Crippen LogP contribution in [0.5, 0.6) is 0 Å². The maximum Gasteiger partial charge on any atom is 0.231 e. The average molecular weight is 269 g/mol. The van der Waals surface area contributed by atoms with Gasteiger partial charge in [0.1, 0.15) is 5.15 Å². The van der Waals surface area contributed by atoms with Crippen molar-refractivity contribution in [3.63, 3.8) is 0 Å². The summed E-state index contributed by atoms with van der Waals surface area (Å²) in [5.74, 6) is -0.266. The van der Waals surface area contributed by atoms with Crippen LogP contribution in [0, 0.1) is 12.8 Å². The van der Waals surface area contributed by atoms with E-state index < -0.39 is 0 Å². The Morgan fingerprint density at radius 3 is 2.94 bits per heavy atom. The first-order valence-electron chi connectivity index (χ1n) is 5.63. The van der Waals surface area contributed by atoms with Crippen LogP contribution < -0.4 is 10.6 Å². The van der Waals surface area contributed by atoms with Crippen LogP contribution in [0.2, 0.25) is 5.15 Å². The van der Waals surface area contributed by atoms with E-state index in [0.717, 1.165) is 0 Å². The molecule has 2 rings (SSSR count). The molecule has 1 aromatic heterocycles. The third kappa shape index (κ3) is 3.16. The Morgan fingerprint density at radius 2 is 2.33 bits per heavy atom. The molecule has 6 nitrogen and oxygen atoms in total. The zero-order valence-electron chi connectivity index (χ0n) is 9.86. The van der Waals surface area contributed by atoms with Crippen molar-refractivity contribution in [2.75, 3.05) is 11.9 Å². The van der Waals surface area contributed by atoms with E-state index in [1.54, 1.807) is 13.0 Å². The fraction of sp³-hybridized carbons (Fsp3) is 0.455. The number of anilines is 1. The number of hydrogen-bond donors (Lipinski definition) is 2. The number of aromatic nitrogens is 2. The maximum atomic E-state index is 11.9. The molecule has 2 N–H and O–H groups in total. The monoisotopic (exact) mass is 268 g/mol. The van der Waals surface area contributed by atoms with Gasteiger partial charge in [0.05, 0.1) is 5.92 Å². The highest BCUT2D eigenvalue weighted by Gasteiger charge is 2.24. The van der Waals surface area contributed by atoms with Gasteiger partial charge < -0.3 is 5.32 Å². The molecule has 0 aliphatic carbocycles. The molecule has 0 spiro atoms. The number of aryl methyl sites for hydroxylation is 1. The molecular formula is C11H13ClN4O2. The molecule has 1 aliphatic heterocycles. The molecule has 0 saturated carbocycles. The summed E-state index contributed by atoms with van der Waals surface area (Å²) in [6.45, 7) is 2.12. The smallest absolute Gasteiger partial charge is 0.231 e. The molecule has 1 fully saturated rings. The molecule has 96 valence electrons. The lowest BCUT2D eigenvalue weighted by Crippen LogP contribution is -2.40. The van der Waals surface area contributed by atoms with Gasteiger partial charge in [0.15, 0.2) is 0 Å². The molecule has 1 aromatic rings. The van der Waals surface area contributed by atoms with Gasteiger partial charge in [-0.2, -0.15) is 0 Å². The minimum Gasteiger partial charge on any atom is -0.355 e. The van der Waals surface area contributed by atoms with E-state index in [0.29, 0.717) is 25.1 Å². The number of amides is 2. The van der Waals surface area contributed by atoms with Crippen LogP contribution in [0.15, 0.2) is 6.07 Å². The van der Waals surface area contributed by atoms with Gasteiger partial charge in [-0.1, -0.05) is 11.6 Å². The average Bonchev–Trinajstić information content (AvgIpc) is 2.28. The summed E-state index contributed by atoms with van der Waals surface area (Å²) in [5.41, 5.74) is 0.683. The highest BCUT2D eigenvalue weighted by Crippen LogP contribution is 2.14. The van der Waals surface area contributed by atoms with E-state index in [-0.39, 0.29) is 28.8 Å². The van der Waals surface area contributed by atoms with Crippen LogP contribution >= 0.6 is 11.6 Å². The van der Waals surface area contributed by atoms with Crippen molar-refractivity contribution in [3.05, 3.63) is 16.9 Å². The quantitative estimate of drug-likeness (QED) is 0.781. The second kappa shape index (κ2) is 5.30. The molecule has 1 saturated heterocycles. The van der Waals surface area contributed by atoms with Crippen molar-refractivity contribution in [1.82, 2.24) is 15.3 Å². The summed E-state index contributed by atoms with van der Waals surface area (Å²) in [5, 5.41) is 5.55. The Morgan fingerprint density at radius 1 is 1.56 bits per heavy atom. The van der Waals surface area contributed by atoms with E-state index in [2.05, 4.69) is 20.6 Å². The SMILES string of the molecule is Cc1cc(Cl)nc(NC(=O)C2CCC(=O)NC2)n1. The third-order valence-electron chi connectivity index (χ3n) is 2.69. The normalized spacial score (nSPS) is 19.2. The van der Waals surface area contributed by atoms with Gasteiger partial charge in [0.25, 0.3) is 0 Å². The first-order valence-corrected chi connectivity index (χ1v) is 6.01. The number of rotatable bonds is 2. The zero-order chi connectivity index (χ0) is 13.1. The number of halogens is 1. The molecule has 0 bridgehead atoms. The van der Waals surface area contributed by atoms with E-state index in [9.17, 15) is 9.59 Å². The summed E-state index contributed by atoms with van der Waals surface area (Å²) >= 11 is 5.78. The Labute approximate surface area is 109 Å². The van der Waals surface area contributed by atoms with E-state index >= 15 is 0 Å². The van der Waals surface area contributed by atoms with Crippen molar-refractivity contribution >= 4 is 29.4 Å². The Kier molecular flexibility index (Phi) is 3.76. The maximum absolute atomic E-state index is 11.9. The summed E-state index contributed by atoms with van der Waals surface area (Å²) in [6.07, 6.45) is 0.907. The Hall–Kier alpha value is -1.69. The largest absolute Gasteiger partial charge is 0.355 e. The first-order chi connectivity index (χ1) is 8.54. The Balaban J connectivity index is 2.00. The minimum absolute atomic E-state index is 0.0195. The molecule has 2 amide bonds. The molecule has 0 radical (unpaired) electrons. The van der Waals surface area contributed by atoms with Gasteiger partial charge in [-0.3, -0.25) is 14.9 Å². The molecule has 2 heterocycles. The molecule has 1 aliphatic rings. The second-order valence-corrected chi connectivity index (χ2v) is 4.57. The number of carbonyl (C=O) groups excluding carboxylic acids is 2. The molecule has 18 heavy (non-hydrogen) atoms. The van der Waals surface area contributed by atoms with E-state index in [1.165, 1.54) is 0 Å². The minimum atomic E-state index is -0.245. The summed E-state index contributed by atoms with van der Waals surface area (Å²) in [6, 6.07) is 1.61. The fourth-order valence-electron chi connectivity index (χ4n) is 1.75. The van der Waals surface area contributed by atoms with Gasteiger partial charge in [0.2, 0.25) is 17.8 Å². The topological polar surface area (TPSA) is 84.0 Å². The highest BCUT2D eigenvalue weighted by atomic mass is 35.5. The van der Waals surface area contributed by atoms with Gasteiger partial charge in [-0.25, -0.2) is 9.97 Å². The van der Waals surface area contributed by atoms with Crippen LogP contribution in [-0.4, -0.2) is 28.3 Å². The van der Waals surface area contributed by atoms with E-state index in [4.69, 9.17) is 11.6 Å². The van der Waals surface area contributed by atoms with Crippen LogP contribution in [0.25, 0.3) is 0 Å². The molecule has 1 unspecified atom stereocenters. The number of carbonyl (C=O) groups is 2. The third-order valence-corrected chi connectivity index (χ3v) is 2.89. The van der Waals surface area contributed by atoms with Gasteiger partial charge in [0, 0.05) is 18.7 Å². The van der Waals surface area contributed by atoms with Gasteiger partial charge in [-0.15, -0.1) is 0 Å². The van der Waals surface area contributed by atoms with Crippen LogP contribution in [-0.2, 0) is 9.59 Å². The molecular weight excluding hydrogens is 256 g/mol. The number of nitrogens with zero attached hydrogens (tertiary/aromatic N) is 2. The van der Waals surface area contributed by atoms with Crippen molar-refractivity contribution in [2.45, 2.75) is 19.8 Å². The summed E-state index contributed by atoms with van der Waals surface area (Å²) in [4.78, 5) is 30.9. The van der Waals surface area contributed by atoms with Crippen molar-refractivity contribution in [3.8, 4) is 0 Å². The summed E-state index contributed by atoms with van der Waals surface area (Å²) < 4.78 is 0. The fourth-order valence-corrected chi connectivity index (χ4v) is 1.99. The van der Waals surface area contributed by atoms with Crippen molar-refractivity contribution in [1.29, 1.82) is 0 Å². The van der Waals surface area contributed by atoms with E-state index in [1.807, 2.05) is 0 Å². The predicted molar refractivity (Wildman–Crippen MR) is 66.1 cm³/mol. The second-order valence-electron chi connectivity index (χ2n) is 4.18. The summed E-state index contributed by atoms with van der Waals surface area (Å²) in [7, 11) is 0. The lowest BCUT2D eigenvalue weighted by Gasteiger charge is -2.21. The van der Waals surface area contributed by atoms with Gasteiger partial charge >= 0.3 is 0 Å². The van der Waals surface area contributed by atoms with Gasteiger partial charge in [-0.05, 0) is 19.4 Å². The van der Waals surface area contributed by atoms with Crippen molar-refractivity contribution < 1.29 is 9.59 Å². The molecule has 7 heteroatoms. The van der Waals surface area contributed by atoms with Crippen LogP contribution in [0.4, 0.5) is 5.95 Å². The molecule has 1 atom stereocenters.